The summed E-state index contributed by atoms with van der Waals surface area (Å²) >= 11 is 0. The van der Waals surface area contributed by atoms with Crippen LogP contribution in [0, 0.1) is 11.8 Å². The van der Waals surface area contributed by atoms with Gasteiger partial charge < -0.3 is 5.32 Å². The molecule has 0 amide bonds. The lowest BCUT2D eigenvalue weighted by Gasteiger charge is -2.37. The Bertz CT molecular complexity index is 207. The van der Waals surface area contributed by atoms with E-state index >= 15 is 0 Å². The van der Waals surface area contributed by atoms with Crippen LogP contribution in [-0.4, -0.2) is 36.1 Å². The summed E-state index contributed by atoms with van der Waals surface area (Å²) in [5, 5.41) is 3.82. The molecule has 1 rings (SSSR count). The van der Waals surface area contributed by atoms with Gasteiger partial charge in [-0.3, -0.25) is 4.90 Å². The lowest BCUT2D eigenvalue weighted by Crippen LogP contribution is -2.47. The van der Waals surface area contributed by atoms with E-state index in [0.717, 1.165) is 24.4 Å². The van der Waals surface area contributed by atoms with E-state index in [1.165, 1.54) is 25.8 Å². The third-order valence-corrected chi connectivity index (χ3v) is 4.62. The molecule has 0 aromatic heterocycles. The molecule has 1 fully saturated rings. The van der Waals surface area contributed by atoms with Crippen LogP contribution in [-0.2, 0) is 0 Å². The van der Waals surface area contributed by atoms with E-state index in [4.69, 9.17) is 0 Å². The van der Waals surface area contributed by atoms with E-state index < -0.39 is 0 Å². The highest BCUT2D eigenvalue weighted by Crippen LogP contribution is 2.28. The first kappa shape index (κ1) is 16.0. The lowest BCUT2D eigenvalue weighted by atomic mass is 9.79. The van der Waals surface area contributed by atoms with Crippen LogP contribution in [0.1, 0.15) is 60.8 Å². The molecular weight excluding hydrogens is 220 g/mol. The number of hydrogen-bond donors (Lipinski definition) is 1. The second kappa shape index (κ2) is 7.49. The van der Waals surface area contributed by atoms with Crippen molar-refractivity contribution in [3.63, 3.8) is 0 Å². The van der Waals surface area contributed by atoms with E-state index in [-0.39, 0.29) is 0 Å². The summed E-state index contributed by atoms with van der Waals surface area (Å²) in [6, 6.07) is 2.03. The zero-order valence-electron chi connectivity index (χ0n) is 13.4. The van der Waals surface area contributed by atoms with Crippen LogP contribution in [0.25, 0.3) is 0 Å². The third kappa shape index (κ3) is 4.55. The summed E-state index contributed by atoms with van der Waals surface area (Å²) in [4.78, 5) is 2.57. The Hall–Kier alpha value is -0.0800. The molecule has 0 spiro atoms. The summed E-state index contributed by atoms with van der Waals surface area (Å²) in [5.74, 6) is 1.69. The molecule has 1 N–H and O–H groups in total. The number of hydrogen-bond acceptors (Lipinski definition) is 2. The number of nitrogens with zero attached hydrogens (tertiary/aromatic N) is 1. The highest BCUT2D eigenvalue weighted by atomic mass is 15.2. The zero-order chi connectivity index (χ0) is 13.7. The van der Waals surface area contributed by atoms with Gasteiger partial charge in [0.25, 0.3) is 0 Å². The summed E-state index contributed by atoms with van der Waals surface area (Å²) in [7, 11) is 0. The number of rotatable bonds is 6. The van der Waals surface area contributed by atoms with Gasteiger partial charge in [0.2, 0.25) is 0 Å². The summed E-state index contributed by atoms with van der Waals surface area (Å²) in [6.07, 6.45) is 4.23. The highest BCUT2D eigenvalue weighted by molar-refractivity contribution is 4.83. The zero-order valence-corrected chi connectivity index (χ0v) is 13.4. The van der Waals surface area contributed by atoms with Crippen molar-refractivity contribution in [1.82, 2.24) is 10.2 Å². The van der Waals surface area contributed by atoms with Gasteiger partial charge in [0.05, 0.1) is 0 Å². The van der Waals surface area contributed by atoms with Crippen molar-refractivity contribution in [2.75, 3.05) is 13.1 Å². The van der Waals surface area contributed by atoms with Crippen LogP contribution < -0.4 is 5.32 Å². The average molecular weight is 254 g/mol. The van der Waals surface area contributed by atoms with E-state index in [2.05, 4.69) is 51.8 Å². The fraction of sp³-hybridized carbons (Fsp3) is 1.00. The largest absolute Gasteiger partial charge is 0.312 e. The second-order valence-electron chi connectivity index (χ2n) is 6.79. The average Bonchev–Trinajstić information content (AvgIpc) is 2.26. The van der Waals surface area contributed by atoms with Crippen LogP contribution in [0.4, 0.5) is 0 Å². The quantitative estimate of drug-likeness (QED) is 0.780. The van der Waals surface area contributed by atoms with Crippen molar-refractivity contribution in [1.29, 1.82) is 0 Å². The fourth-order valence-corrected chi connectivity index (χ4v) is 3.56. The van der Waals surface area contributed by atoms with Gasteiger partial charge in [-0.25, -0.2) is 0 Å². The number of nitrogens with one attached hydrogen (secondary N) is 1. The molecule has 0 aliphatic heterocycles. The fourth-order valence-electron chi connectivity index (χ4n) is 3.56. The smallest absolute Gasteiger partial charge is 0.0119 e. The molecular formula is C16H34N2. The molecule has 2 nitrogen and oxygen atoms in total. The third-order valence-electron chi connectivity index (χ3n) is 4.62. The van der Waals surface area contributed by atoms with E-state index in [1.54, 1.807) is 0 Å². The Morgan fingerprint density at radius 1 is 1.00 bits per heavy atom. The Labute approximate surface area is 115 Å². The van der Waals surface area contributed by atoms with Crippen molar-refractivity contribution in [3.8, 4) is 0 Å². The van der Waals surface area contributed by atoms with E-state index in [9.17, 15) is 0 Å². The summed E-state index contributed by atoms with van der Waals surface area (Å²) < 4.78 is 0. The van der Waals surface area contributed by atoms with Gasteiger partial charge in [-0.15, -0.1) is 0 Å². The minimum atomic E-state index is 0.646. The SMILES string of the molecule is CC1CCCC(C)C1NCCN(C(C)C)C(C)C. The van der Waals surface area contributed by atoms with Crippen LogP contribution in [0.3, 0.4) is 0 Å². The normalized spacial score (nSPS) is 29.5. The first-order valence-electron chi connectivity index (χ1n) is 7.92. The van der Waals surface area contributed by atoms with E-state index in [0.29, 0.717) is 12.1 Å². The minimum absolute atomic E-state index is 0.646. The van der Waals surface area contributed by atoms with Crippen molar-refractivity contribution < 1.29 is 0 Å². The van der Waals surface area contributed by atoms with E-state index in [1.807, 2.05) is 0 Å². The topological polar surface area (TPSA) is 15.3 Å². The maximum absolute atomic E-state index is 3.82. The van der Waals surface area contributed by atoms with Gasteiger partial charge in [0.1, 0.15) is 0 Å². The molecule has 2 heteroatoms. The van der Waals surface area contributed by atoms with Gasteiger partial charge in [0.15, 0.2) is 0 Å². The van der Waals surface area contributed by atoms with Crippen molar-refractivity contribution >= 4 is 0 Å². The second-order valence-corrected chi connectivity index (χ2v) is 6.79. The van der Waals surface area contributed by atoms with Crippen molar-refractivity contribution in [2.24, 2.45) is 11.8 Å². The molecule has 0 aromatic carbocycles. The molecule has 0 heterocycles. The molecule has 2 unspecified atom stereocenters. The van der Waals surface area contributed by atoms with Crippen LogP contribution in [0.5, 0.6) is 0 Å². The molecule has 18 heavy (non-hydrogen) atoms. The maximum Gasteiger partial charge on any atom is 0.0119 e. The predicted octanol–water partition coefficient (Wildman–Crippen LogP) is 3.52. The van der Waals surface area contributed by atoms with Crippen molar-refractivity contribution in [2.45, 2.75) is 78.9 Å². The molecule has 108 valence electrons. The Morgan fingerprint density at radius 2 is 1.50 bits per heavy atom. The first-order chi connectivity index (χ1) is 8.43. The van der Waals surface area contributed by atoms with Gasteiger partial charge in [0, 0.05) is 31.2 Å². The monoisotopic (exact) mass is 254 g/mol. The lowest BCUT2D eigenvalue weighted by molar-refractivity contribution is 0.157. The Morgan fingerprint density at radius 3 is 1.94 bits per heavy atom. The minimum Gasteiger partial charge on any atom is -0.312 e. The first-order valence-corrected chi connectivity index (χ1v) is 7.92. The van der Waals surface area contributed by atoms with Crippen LogP contribution in [0.2, 0.25) is 0 Å². The highest BCUT2D eigenvalue weighted by Gasteiger charge is 2.27. The van der Waals surface area contributed by atoms with Gasteiger partial charge in [-0.1, -0.05) is 20.3 Å². The van der Waals surface area contributed by atoms with Gasteiger partial charge >= 0.3 is 0 Å². The molecule has 0 saturated heterocycles. The Balaban J connectivity index is 2.35. The molecule has 2 atom stereocenters. The molecule has 1 aliphatic carbocycles. The van der Waals surface area contributed by atoms with Gasteiger partial charge in [-0.05, 0) is 52.4 Å². The molecule has 0 aromatic rings. The molecule has 0 radical (unpaired) electrons. The predicted molar refractivity (Wildman–Crippen MR) is 80.9 cm³/mol. The Kier molecular flexibility index (Phi) is 6.65. The van der Waals surface area contributed by atoms with Gasteiger partial charge in [-0.2, -0.15) is 0 Å². The molecule has 1 saturated carbocycles. The standard InChI is InChI=1S/C16H34N2/c1-12(2)18(13(3)4)11-10-17-16-14(5)8-7-9-15(16)6/h12-17H,7-11H2,1-6H3. The van der Waals surface area contributed by atoms with Crippen molar-refractivity contribution in [3.05, 3.63) is 0 Å². The summed E-state index contributed by atoms with van der Waals surface area (Å²) in [6.45, 7) is 16.3. The van der Waals surface area contributed by atoms with Crippen LogP contribution in [0.15, 0.2) is 0 Å². The molecule has 0 bridgehead atoms. The molecule has 1 aliphatic rings. The van der Waals surface area contributed by atoms with Crippen LogP contribution >= 0.6 is 0 Å². The summed E-state index contributed by atoms with van der Waals surface area (Å²) in [5.41, 5.74) is 0. The maximum atomic E-state index is 3.82.